The van der Waals surface area contributed by atoms with Gasteiger partial charge in [-0.3, -0.25) is 14.8 Å². The molecule has 0 saturated carbocycles. The third kappa shape index (κ3) is 3.70. The van der Waals surface area contributed by atoms with E-state index in [0.717, 1.165) is 21.4 Å². The van der Waals surface area contributed by atoms with E-state index in [9.17, 15) is 4.79 Å². The summed E-state index contributed by atoms with van der Waals surface area (Å²) in [5.74, 6) is 0.0766. The summed E-state index contributed by atoms with van der Waals surface area (Å²) in [7, 11) is 0. The van der Waals surface area contributed by atoms with Crippen molar-refractivity contribution in [3.8, 4) is 0 Å². The fourth-order valence-corrected chi connectivity index (χ4v) is 3.00. The molecule has 136 valence electrons. The number of anilines is 1. The van der Waals surface area contributed by atoms with Gasteiger partial charge in [0.25, 0.3) is 5.91 Å². The molecule has 0 radical (unpaired) electrons. The van der Waals surface area contributed by atoms with Crippen molar-refractivity contribution in [3.05, 3.63) is 57.6 Å². The summed E-state index contributed by atoms with van der Waals surface area (Å²) in [5.41, 5.74) is 4.11. The largest absolute Gasteiger partial charge is 0.291 e. The van der Waals surface area contributed by atoms with Gasteiger partial charge in [-0.2, -0.15) is 5.10 Å². The van der Waals surface area contributed by atoms with Gasteiger partial charge < -0.3 is 0 Å². The van der Waals surface area contributed by atoms with Crippen molar-refractivity contribution < 1.29 is 4.79 Å². The van der Waals surface area contributed by atoms with Gasteiger partial charge in [-0.05, 0) is 54.8 Å². The van der Waals surface area contributed by atoms with E-state index in [0.29, 0.717) is 6.54 Å². The maximum Gasteiger partial charge on any atom is 0.251 e. The molecular weight excluding hydrogens is 396 g/mol. The Morgan fingerprint density at radius 3 is 2.62 bits per heavy atom. The Balaban J connectivity index is 1.69. The first-order chi connectivity index (χ1) is 12.4. The molecule has 0 aliphatic rings. The van der Waals surface area contributed by atoms with Gasteiger partial charge >= 0.3 is 0 Å². The zero-order chi connectivity index (χ0) is 18.8. The topological polar surface area (TPSA) is 77.6 Å². The van der Waals surface area contributed by atoms with E-state index in [-0.39, 0.29) is 11.9 Å². The van der Waals surface area contributed by atoms with Crippen molar-refractivity contribution in [3.63, 3.8) is 0 Å². The maximum atomic E-state index is 12.5. The van der Waals surface area contributed by atoms with Crippen LogP contribution in [0, 0.1) is 20.8 Å². The van der Waals surface area contributed by atoms with Crippen molar-refractivity contribution >= 4 is 27.8 Å². The standard InChI is InChI=1S/C18H21BrN6O/c1-11-7-5-6-8-15(11)9-24-10-20-18(23-24)21-17(26)14(4)25-13(3)16(19)12(2)22-25/h5-8,10,14H,9H2,1-4H3,(H,21,23,26). The lowest BCUT2D eigenvalue weighted by atomic mass is 10.1. The monoisotopic (exact) mass is 416 g/mol. The first-order valence-corrected chi connectivity index (χ1v) is 9.12. The van der Waals surface area contributed by atoms with Crippen LogP contribution in [0.3, 0.4) is 0 Å². The van der Waals surface area contributed by atoms with E-state index in [4.69, 9.17) is 0 Å². The third-order valence-electron chi connectivity index (χ3n) is 4.35. The van der Waals surface area contributed by atoms with Gasteiger partial charge in [0, 0.05) is 0 Å². The van der Waals surface area contributed by atoms with Crippen molar-refractivity contribution in [2.24, 2.45) is 0 Å². The molecule has 3 rings (SSSR count). The Morgan fingerprint density at radius 1 is 1.23 bits per heavy atom. The van der Waals surface area contributed by atoms with Crippen molar-refractivity contribution in [1.82, 2.24) is 24.5 Å². The summed E-state index contributed by atoms with van der Waals surface area (Å²) in [5, 5.41) is 11.5. The highest BCUT2D eigenvalue weighted by atomic mass is 79.9. The molecule has 0 saturated heterocycles. The van der Waals surface area contributed by atoms with Gasteiger partial charge in [0.05, 0.1) is 22.4 Å². The number of benzene rings is 1. The minimum atomic E-state index is -0.469. The van der Waals surface area contributed by atoms with Gasteiger partial charge in [-0.15, -0.1) is 5.10 Å². The SMILES string of the molecule is Cc1ccccc1Cn1cnc(NC(=O)C(C)n2nc(C)c(Br)c2C)n1. The zero-order valence-electron chi connectivity index (χ0n) is 15.2. The highest BCUT2D eigenvalue weighted by Gasteiger charge is 2.21. The fraction of sp³-hybridized carbons (Fsp3) is 0.333. The lowest BCUT2D eigenvalue weighted by Crippen LogP contribution is -2.25. The van der Waals surface area contributed by atoms with Crippen LogP contribution in [0.25, 0.3) is 0 Å². The van der Waals surface area contributed by atoms with Crippen LogP contribution >= 0.6 is 15.9 Å². The second-order valence-electron chi connectivity index (χ2n) is 6.29. The molecule has 1 unspecified atom stereocenters. The molecule has 1 atom stereocenters. The van der Waals surface area contributed by atoms with Crippen LogP contribution in [0.2, 0.25) is 0 Å². The number of aromatic nitrogens is 5. The highest BCUT2D eigenvalue weighted by Crippen LogP contribution is 2.23. The van der Waals surface area contributed by atoms with Crippen LogP contribution in [-0.4, -0.2) is 30.5 Å². The van der Waals surface area contributed by atoms with E-state index in [2.05, 4.69) is 55.5 Å². The minimum absolute atomic E-state index is 0.211. The maximum absolute atomic E-state index is 12.5. The summed E-state index contributed by atoms with van der Waals surface area (Å²) < 4.78 is 4.32. The summed E-state index contributed by atoms with van der Waals surface area (Å²) in [4.78, 5) is 16.7. The van der Waals surface area contributed by atoms with Gasteiger partial charge in [0.1, 0.15) is 12.4 Å². The van der Waals surface area contributed by atoms with Crippen LogP contribution in [-0.2, 0) is 11.3 Å². The van der Waals surface area contributed by atoms with Crippen molar-refractivity contribution in [2.75, 3.05) is 5.32 Å². The molecule has 1 amide bonds. The molecule has 0 spiro atoms. The molecule has 1 N–H and O–H groups in total. The fourth-order valence-electron chi connectivity index (χ4n) is 2.74. The number of nitrogens with one attached hydrogen (secondary N) is 1. The highest BCUT2D eigenvalue weighted by molar-refractivity contribution is 9.10. The quantitative estimate of drug-likeness (QED) is 0.690. The average Bonchev–Trinajstić information content (AvgIpc) is 3.16. The molecule has 0 aliphatic carbocycles. The van der Waals surface area contributed by atoms with Gasteiger partial charge in [-0.1, -0.05) is 24.3 Å². The van der Waals surface area contributed by atoms with E-state index < -0.39 is 6.04 Å². The predicted molar refractivity (Wildman–Crippen MR) is 103 cm³/mol. The van der Waals surface area contributed by atoms with Gasteiger partial charge in [-0.25, -0.2) is 9.67 Å². The Bertz CT molecular complexity index is 945. The summed E-state index contributed by atoms with van der Waals surface area (Å²) >= 11 is 3.48. The molecule has 0 aliphatic heterocycles. The Morgan fingerprint density at radius 2 is 1.96 bits per heavy atom. The number of amides is 1. The summed E-state index contributed by atoms with van der Waals surface area (Å²) in [6.45, 7) is 8.28. The van der Waals surface area contributed by atoms with Gasteiger partial charge in [0.15, 0.2) is 0 Å². The number of carbonyl (C=O) groups is 1. The molecular formula is C18H21BrN6O. The average molecular weight is 417 g/mol. The van der Waals surface area contributed by atoms with E-state index in [1.54, 1.807) is 22.6 Å². The summed E-state index contributed by atoms with van der Waals surface area (Å²) in [6.07, 6.45) is 1.62. The first kappa shape index (κ1) is 18.3. The zero-order valence-corrected chi connectivity index (χ0v) is 16.8. The van der Waals surface area contributed by atoms with Crippen molar-refractivity contribution in [2.45, 2.75) is 40.3 Å². The summed E-state index contributed by atoms with van der Waals surface area (Å²) in [6, 6.07) is 7.64. The van der Waals surface area contributed by atoms with Crippen LogP contribution in [0.5, 0.6) is 0 Å². The molecule has 7 nitrogen and oxygen atoms in total. The number of aryl methyl sites for hydroxylation is 2. The minimum Gasteiger partial charge on any atom is -0.291 e. The number of hydrogen-bond donors (Lipinski definition) is 1. The van der Waals surface area contributed by atoms with Crippen molar-refractivity contribution in [1.29, 1.82) is 0 Å². The Labute approximate surface area is 160 Å². The normalized spacial score (nSPS) is 12.2. The number of hydrogen-bond acceptors (Lipinski definition) is 4. The predicted octanol–water partition coefficient (Wildman–Crippen LogP) is 3.41. The molecule has 3 aromatic rings. The van der Waals surface area contributed by atoms with Crippen LogP contribution in [0.1, 0.15) is 35.5 Å². The van der Waals surface area contributed by atoms with Gasteiger partial charge in [0.2, 0.25) is 5.95 Å². The van der Waals surface area contributed by atoms with Crippen LogP contribution in [0.4, 0.5) is 5.95 Å². The molecule has 1 aromatic carbocycles. The Kier molecular flexibility index (Phi) is 5.22. The van der Waals surface area contributed by atoms with E-state index in [1.807, 2.05) is 26.0 Å². The smallest absolute Gasteiger partial charge is 0.251 e. The molecule has 2 heterocycles. The lowest BCUT2D eigenvalue weighted by Gasteiger charge is -2.13. The molecule has 8 heteroatoms. The molecule has 26 heavy (non-hydrogen) atoms. The van der Waals surface area contributed by atoms with Crippen LogP contribution < -0.4 is 5.32 Å². The number of halogens is 1. The Hall–Kier alpha value is -2.48. The molecule has 0 bridgehead atoms. The van der Waals surface area contributed by atoms with E-state index >= 15 is 0 Å². The molecule has 0 fully saturated rings. The lowest BCUT2D eigenvalue weighted by molar-refractivity contribution is -0.119. The first-order valence-electron chi connectivity index (χ1n) is 8.33. The second kappa shape index (κ2) is 7.41. The number of carbonyl (C=O) groups excluding carboxylic acids is 1. The number of rotatable bonds is 5. The second-order valence-corrected chi connectivity index (χ2v) is 7.08. The number of nitrogens with zero attached hydrogens (tertiary/aromatic N) is 5. The third-order valence-corrected chi connectivity index (χ3v) is 5.50. The molecule has 2 aromatic heterocycles. The van der Waals surface area contributed by atoms with Crippen LogP contribution in [0.15, 0.2) is 35.1 Å². The van der Waals surface area contributed by atoms with E-state index in [1.165, 1.54) is 5.56 Å².